The van der Waals surface area contributed by atoms with Crippen LogP contribution in [0.2, 0.25) is 0 Å². The Morgan fingerprint density at radius 1 is 0.895 bits per heavy atom. The van der Waals surface area contributed by atoms with Crippen LogP contribution in [0.3, 0.4) is 0 Å². The van der Waals surface area contributed by atoms with Crippen LogP contribution >= 0.6 is 0 Å². The molecule has 0 aliphatic rings. The van der Waals surface area contributed by atoms with Crippen molar-refractivity contribution in [3.05, 3.63) is 53.1 Å². The van der Waals surface area contributed by atoms with Gasteiger partial charge in [-0.05, 0) is 55.3 Å². The number of rotatable bonds is 3. The molecule has 0 unspecified atom stereocenters. The standard InChI is InChI=1S/C15H16N2O2/c1-10-5-11(2)7-14(6-10)17-16-13-3-4-15(19)12(8-13)9-18/h3-8,18-19H,9H2,1-2H3. The maximum atomic E-state index is 9.46. The van der Waals surface area contributed by atoms with Gasteiger partial charge in [-0.15, -0.1) is 0 Å². The van der Waals surface area contributed by atoms with Gasteiger partial charge in [0.15, 0.2) is 0 Å². The van der Waals surface area contributed by atoms with E-state index in [2.05, 4.69) is 16.3 Å². The zero-order valence-corrected chi connectivity index (χ0v) is 11.0. The van der Waals surface area contributed by atoms with Gasteiger partial charge in [-0.2, -0.15) is 10.2 Å². The Kier molecular flexibility index (Phi) is 3.92. The lowest BCUT2D eigenvalue weighted by molar-refractivity contribution is 0.275. The van der Waals surface area contributed by atoms with E-state index in [0.29, 0.717) is 11.3 Å². The molecule has 0 aromatic heterocycles. The molecule has 0 aliphatic heterocycles. The van der Waals surface area contributed by atoms with E-state index < -0.39 is 0 Å². The molecule has 0 aliphatic carbocycles. The highest BCUT2D eigenvalue weighted by molar-refractivity contribution is 5.48. The van der Waals surface area contributed by atoms with Gasteiger partial charge in [0, 0.05) is 5.56 Å². The number of aryl methyl sites for hydroxylation is 2. The SMILES string of the molecule is Cc1cc(C)cc(N=Nc2ccc(O)c(CO)c2)c1. The van der Waals surface area contributed by atoms with Crippen molar-refractivity contribution in [2.45, 2.75) is 20.5 Å². The first-order valence-corrected chi connectivity index (χ1v) is 6.01. The number of azo groups is 1. The summed E-state index contributed by atoms with van der Waals surface area (Å²) in [6.45, 7) is 3.80. The van der Waals surface area contributed by atoms with E-state index in [4.69, 9.17) is 5.11 Å². The van der Waals surface area contributed by atoms with Crippen LogP contribution in [0, 0.1) is 13.8 Å². The number of aliphatic hydroxyl groups is 1. The van der Waals surface area contributed by atoms with E-state index in [-0.39, 0.29) is 12.4 Å². The minimum atomic E-state index is -0.223. The molecule has 0 saturated heterocycles. The highest BCUT2D eigenvalue weighted by Crippen LogP contribution is 2.25. The van der Waals surface area contributed by atoms with Gasteiger partial charge < -0.3 is 10.2 Å². The maximum Gasteiger partial charge on any atom is 0.121 e. The number of hydrogen-bond donors (Lipinski definition) is 2. The van der Waals surface area contributed by atoms with Crippen molar-refractivity contribution in [3.8, 4) is 5.75 Å². The zero-order chi connectivity index (χ0) is 13.8. The fraction of sp³-hybridized carbons (Fsp3) is 0.200. The van der Waals surface area contributed by atoms with Crippen LogP contribution < -0.4 is 0 Å². The molecular weight excluding hydrogens is 240 g/mol. The van der Waals surface area contributed by atoms with E-state index >= 15 is 0 Å². The molecule has 2 aromatic carbocycles. The number of nitrogens with zero attached hydrogens (tertiary/aromatic N) is 2. The summed E-state index contributed by atoms with van der Waals surface area (Å²) in [6, 6.07) is 10.7. The topological polar surface area (TPSA) is 65.2 Å². The summed E-state index contributed by atoms with van der Waals surface area (Å²) in [5.74, 6) is 0.0628. The van der Waals surface area contributed by atoms with Crippen molar-refractivity contribution in [3.63, 3.8) is 0 Å². The van der Waals surface area contributed by atoms with Gasteiger partial charge in [-0.1, -0.05) is 6.07 Å². The summed E-state index contributed by atoms with van der Waals surface area (Å²) < 4.78 is 0. The molecule has 4 heteroatoms. The summed E-state index contributed by atoms with van der Waals surface area (Å²) in [5.41, 5.74) is 4.10. The van der Waals surface area contributed by atoms with Gasteiger partial charge in [0.1, 0.15) is 5.75 Å². The molecule has 19 heavy (non-hydrogen) atoms. The van der Waals surface area contributed by atoms with Crippen LogP contribution in [0.25, 0.3) is 0 Å². The van der Waals surface area contributed by atoms with Crippen molar-refractivity contribution in [1.29, 1.82) is 0 Å². The van der Waals surface area contributed by atoms with E-state index in [0.717, 1.165) is 16.8 Å². The lowest BCUT2D eigenvalue weighted by atomic mass is 10.1. The van der Waals surface area contributed by atoms with Crippen molar-refractivity contribution in [1.82, 2.24) is 0 Å². The van der Waals surface area contributed by atoms with E-state index in [1.807, 2.05) is 26.0 Å². The quantitative estimate of drug-likeness (QED) is 0.817. The molecular formula is C15H16N2O2. The molecule has 2 N–H and O–H groups in total. The molecule has 98 valence electrons. The monoisotopic (exact) mass is 256 g/mol. The number of aliphatic hydroxyl groups excluding tert-OH is 1. The van der Waals surface area contributed by atoms with Crippen molar-refractivity contribution >= 4 is 11.4 Å². The zero-order valence-electron chi connectivity index (χ0n) is 11.0. The first-order chi connectivity index (χ1) is 9.08. The molecule has 0 radical (unpaired) electrons. The van der Waals surface area contributed by atoms with Gasteiger partial charge >= 0.3 is 0 Å². The van der Waals surface area contributed by atoms with Crippen LogP contribution in [0.15, 0.2) is 46.6 Å². The molecule has 0 bridgehead atoms. The minimum absolute atomic E-state index is 0.0628. The second-order valence-electron chi connectivity index (χ2n) is 4.52. The highest BCUT2D eigenvalue weighted by atomic mass is 16.3. The maximum absolute atomic E-state index is 9.46. The number of phenols is 1. The molecule has 0 heterocycles. The van der Waals surface area contributed by atoms with Crippen molar-refractivity contribution in [2.24, 2.45) is 10.2 Å². The fourth-order valence-electron chi connectivity index (χ4n) is 1.88. The second kappa shape index (κ2) is 5.63. The predicted molar refractivity (Wildman–Crippen MR) is 74.1 cm³/mol. The number of hydrogen-bond acceptors (Lipinski definition) is 4. The van der Waals surface area contributed by atoms with Gasteiger partial charge in [0.05, 0.1) is 18.0 Å². The molecule has 2 rings (SSSR count). The Balaban J connectivity index is 2.27. The lowest BCUT2D eigenvalue weighted by Gasteiger charge is -2.02. The molecule has 0 saturated carbocycles. The first kappa shape index (κ1) is 13.2. The minimum Gasteiger partial charge on any atom is -0.508 e. The lowest BCUT2D eigenvalue weighted by Crippen LogP contribution is -1.82. The van der Waals surface area contributed by atoms with E-state index in [1.165, 1.54) is 6.07 Å². The summed E-state index contributed by atoms with van der Waals surface area (Å²) >= 11 is 0. The van der Waals surface area contributed by atoms with Gasteiger partial charge in [-0.3, -0.25) is 0 Å². The molecule has 0 amide bonds. The van der Waals surface area contributed by atoms with Crippen LogP contribution in [0.1, 0.15) is 16.7 Å². The molecule has 0 atom stereocenters. The average Bonchev–Trinajstić information content (AvgIpc) is 2.36. The summed E-state index contributed by atoms with van der Waals surface area (Å²) in [7, 11) is 0. The predicted octanol–water partition coefficient (Wildman–Crippen LogP) is 3.92. The summed E-state index contributed by atoms with van der Waals surface area (Å²) in [6.07, 6.45) is 0. The van der Waals surface area contributed by atoms with E-state index in [9.17, 15) is 5.11 Å². The smallest absolute Gasteiger partial charge is 0.121 e. The fourth-order valence-corrected chi connectivity index (χ4v) is 1.88. The first-order valence-electron chi connectivity index (χ1n) is 6.01. The third kappa shape index (κ3) is 3.39. The Morgan fingerprint density at radius 3 is 2.16 bits per heavy atom. The Morgan fingerprint density at radius 2 is 1.53 bits per heavy atom. The van der Waals surface area contributed by atoms with Crippen LogP contribution in [-0.4, -0.2) is 10.2 Å². The number of benzene rings is 2. The van der Waals surface area contributed by atoms with Gasteiger partial charge in [-0.25, -0.2) is 0 Å². The average molecular weight is 256 g/mol. The van der Waals surface area contributed by atoms with Crippen molar-refractivity contribution in [2.75, 3.05) is 0 Å². The molecule has 2 aromatic rings. The second-order valence-corrected chi connectivity index (χ2v) is 4.52. The number of aromatic hydroxyl groups is 1. The third-order valence-corrected chi connectivity index (χ3v) is 2.72. The van der Waals surface area contributed by atoms with Crippen LogP contribution in [0.5, 0.6) is 5.75 Å². The Hall–Kier alpha value is -2.20. The van der Waals surface area contributed by atoms with Crippen molar-refractivity contribution < 1.29 is 10.2 Å². The highest BCUT2D eigenvalue weighted by Gasteiger charge is 2.01. The molecule has 0 fully saturated rings. The largest absolute Gasteiger partial charge is 0.508 e. The van der Waals surface area contributed by atoms with Gasteiger partial charge in [0.2, 0.25) is 0 Å². The Bertz CT molecular complexity index is 601. The van der Waals surface area contributed by atoms with Crippen LogP contribution in [0.4, 0.5) is 11.4 Å². The Labute approximate surface area is 112 Å². The third-order valence-electron chi connectivity index (χ3n) is 2.72. The molecule has 4 nitrogen and oxygen atoms in total. The van der Waals surface area contributed by atoms with Crippen LogP contribution in [-0.2, 0) is 6.61 Å². The summed E-state index contributed by atoms with van der Waals surface area (Å²) in [4.78, 5) is 0. The van der Waals surface area contributed by atoms with Gasteiger partial charge in [0.25, 0.3) is 0 Å². The summed E-state index contributed by atoms with van der Waals surface area (Å²) in [5, 5.41) is 26.8. The molecule has 0 spiro atoms. The van der Waals surface area contributed by atoms with E-state index in [1.54, 1.807) is 12.1 Å². The normalized spacial score (nSPS) is 11.1.